The number of nitrogens with zero attached hydrogens (tertiary/aromatic N) is 2. The SMILES string of the molecule is CCCCn1c(=S)[nH]c2c1c(=O)[nH]c(=O)n2C. The summed E-state index contributed by atoms with van der Waals surface area (Å²) < 4.78 is 3.57. The molecule has 0 spiro atoms. The highest BCUT2D eigenvalue weighted by molar-refractivity contribution is 7.71. The van der Waals surface area contributed by atoms with Crippen LogP contribution < -0.4 is 11.2 Å². The predicted molar refractivity (Wildman–Crippen MR) is 67.9 cm³/mol. The lowest BCUT2D eigenvalue weighted by molar-refractivity contribution is 0.637. The van der Waals surface area contributed by atoms with Crippen molar-refractivity contribution in [2.75, 3.05) is 0 Å². The number of rotatable bonds is 3. The molecule has 2 aromatic heterocycles. The molecule has 6 nitrogen and oxygen atoms in total. The normalized spacial score (nSPS) is 11.2. The van der Waals surface area contributed by atoms with E-state index in [1.807, 2.05) is 0 Å². The Morgan fingerprint density at radius 1 is 1.29 bits per heavy atom. The van der Waals surface area contributed by atoms with Crippen molar-refractivity contribution >= 4 is 23.4 Å². The molecule has 0 fully saturated rings. The summed E-state index contributed by atoms with van der Waals surface area (Å²) in [5, 5.41) is 0. The van der Waals surface area contributed by atoms with Crippen LogP contribution >= 0.6 is 12.2 Å². The average Bonchev–Trinajstić information content (AvgIpc) is 2.61. The van der Waals surface area contributed by atoms with Crippen molar-refractivity contribution in [2.45, 2.75) is 26.3 Å². The molecule has 7 heteroatoms. The molecule has 0 amide bonds. The molecular formula is C10H14N4O2S. The molecule has 0 radical (unpaired) electrons. The van der Waals surface area contributed by atoms with Crippen LogP contribution in [0.25, 0.3) is 11.2 Å². The van der Waals surface area contributed by atoms with Gasteiger partial charge >= 0.3 is 5.69 Å². The summed E-state index contributed by atoms with van der Waals surface area (Å²) in [5.74, 6) is 0. The molecule has 92 valence electrons. The van der Waals surface area contributed by atoms with E-state index in [0.717, 1.165) is 12.8 Å². The van der Waals surface area contributed by atoms with Crippen LogP contribution in [0.3, 0.4) is 0 Å². The molecule has 2 heterocycles. The second kappa shape index (κ2) is 4.33. The van der Waals surface area contributed by atoms with Crippen LogP contribution in [0.2, 0.25) is 0 Å². The molecule has 0 saturated heterocycles. The number of imidazole rings is 1. The average molecular weight is 254 g/mol. The van der Waals surface area contributed by atoms with Crippen LogP contribution in [0, 0.1) is 4.77 Å². The van der Waals surface area contributed by atoms with E-state index < -0.39 is 11.2 Å². The van der Waals surface area contributed by atoms with Gasteiger partial charge in [0.15, 0.2) is 10.3 Å². The molecule has 0 unspecified atom stereocenters. The third-order valence-electron chi connectivity index (χ3n) is 2.78. The molecule has 0 aliphatic carbocycles. The first-order chi connectivity index (χ1) is 8.06. The Labute approximate surface area is 102 Å². The number of hydrogen-bond donors (Lipinski definition) is 2. The van der Waals surface area contributed by atoms with Crippen LogP contribution in [0.1, 0.15) is 19.8 Å². The third kappa shape index (κ3) is 1.86. The second-order valence-corrected chi connectivity index (χ2v) is 4.34. The topological polar surface area (TPSA) is 75.6 Å². The summed E-state index contributed by atoms with van der Waals surface area (Å²) in [7, 11) is 1.59. The van der Waals surface area contributed by atoms with Gasteiger partial charge in [0.05, 0.1) is 0 Å². The Hall–Kier alpha value is -1.63. The Kier molecular flexibility index (Phi) is 3.01. The lowest BCUT2D eigenvalue weighted by Crippen LogP contribution is -2.29. The lowest BCUT2D eigenvalue weighted by atomic mass is 10.3. The van der Waals surface area contributed by atoms with E-state index in [1.54, 1.807) is 11.6 Å². The van der Waals surface area contributed by atoms with E-state index in [1.165, 1.54) is 4.57 Å². The van der Waals surface area contributed by atoms with Gasteiger partial charge < -0.3 is 9.55 Å². The van der Waals surface area contributed by atoms with Gasteiger partial charge in [0.1, 0.15) is 5.65 Å². The van der Waals surface area contributed by atoms with Crippen molar-refractivity contribution < 1.29 is 0 Å². The smallest absolute Gasteiger partial charge is 0.316 e. The Bertz CT molecular complexity index is 718. The second-order valence-electron chi connectivity index (χ2n) is 3.95. The first-order valence-corrected chi connectivity index (χ1v) is 5.89. The minimum Gasteiger partial charge on any atom is -0.316 e. The van der Waals surface area contributed by atoms with Crippen molar-refractivity contribution in [1.29, 1.82) is 0 Å². The first kappa shape index (κ1) is 11.8. The highest BCUT2D eigenvalue weighted by Crippen LogP contribution is 2.08. The maximum absolute atomic E-state index is 11.8. The number of aryl methyl sites for hydroxylation is 2. The number of aromatic nitrogens is 4. The predicted octanol–water partition coefficient (Wildman–Crippen LogP) is 0.886. The summed E-state index contributed by atoms with van der Waals surface area (Å²) >= 11 is 5.17. The van der Waals surface area contributed by atoms with Gasteiger partial charge in [0, 0.05) is 13.6 Å². The monoisotopic (exact) mass is 254 g/mol. The molecule has 0 bridgehead atoms. The van der Waals surface area contributed by atoms with Gasteiger partial charge in [0.25, 0.3) is 5.56 Å². The third-order valence-corrected chi connectivity index (χ3v) is 3.10. The molecule has 2 rings (SSSR count). The van der Waals surface area contributed by atoms with E-state index >= 15 is 0 Å². The zero-order valence-corrected chi connectivity index (χ0v) is 10.6. The lowest BCUT2D eigenvalue weighted by Gasteiger charge is -2.02. The van der Waals surface area contributed by atoms with Crippen molar-refractivity contribution in [3.63, 3.8) is 0 Å². The Morgan fingerprint density at radius 2 is 2.00 bits per heavy atom. The molecule has 17 heavy (non-hydrogen) atoms. The summed E-state index contributed by atoms with van der Waals surface area (Å²) in [4.78, 5) is 28.4. The van der Waals surface area contributed by atoms with Gasteiger partial charge in [-0.05, 0) is 18.6 Å². The number of unbranched alkanes of at least 4 members (excludes halogenated alkanes) is 1. The van der Waals surface area contributed by atoms with Crippen molar-refractivity contribution in [2.24, 2.45) is 7.05 Å². The molecule has 0 aliphatic heterocycles. The maximum atomic E-state index is 11.8. The fourth-order valence-corrected chi connectivity index (χ4v) is 2.08. The number of hydrogen-bond acceptors (Lipinski definition) is 3. The van der Waals surface area contributed by atoms with Gasteiger partial charge in [0.2, 0.25) is 0 Å². The zero-order chi connectivity index (χ0) is 12.6. The van der Waals surface area contributed by atoms with Crippen LogP contribution in [-0.4, -0.2) is 19.1 Å². The van der Waals surface area contributed by atoms with Gasteiger partial charge in [-0.2, -0.15) is 0 Å². The largest absolute Gasteiger partial charge is 0.329 e. The first-order valence-electron chi connectivity index (χ1n) is 5.48. The fourth-order valence-electron chi connectivity index (χ4n) is 1.80. The van der Waals surface area contributed by atoms with Crippen LogP contribution in [0.5, 0.6) is 0 Å². The number of fused-ring (bicyclic) bond motifs is 1. The molecular weight excluding hydrogens is 240 g/mol. The molecule has 0 saturated carbocycles. The highest BCUT2D eigenvalue weighted by atomic mass is 32.1. The molecule has 2 aromatic rings. The van der Waals surface area contributed by atoms with Gasteiger partial charge in [-0.15, -0.1) is 0 Å². The molecule has 2 N–H and O–H groups in total. The van der Waals surface area contributed by atoms with Crippen LogP contribution in [-0.2, 0) is 13.6 Å². The van der Waals surface area contributed by atoms with E-state index in [0.29, 0.717) is 22.5 Å². The number of aromatic amines is 2. The molecule has 0 aliphatic rings. The quantitative estimate of drug-likeness (QED) is 0.799. The van der Waals surface area contributed by atoms with Crippen molar-refractivity contribution in [3.8, 4) is 0 Å². The van der Waals surface area contributed by atoms with Crippen LogP contribution in [0.15, 0.2) is 9.59 Å². The summed E-state index contributed by atoms with van der Waals surface area (Å²) in [6, 6.07) is 0. The Balaban J connectivity index is 2.83. The van der Waals surface area contributed by atoms with Gasteiger partial charge in [-0.25, -0.2) is 4.79 Å². The van der Waals surface area contributed by atoms with Gasteiger partial charge in [-0.3, -0.25) is 14.3 Å². The summed E-state index contributed by atoms with van der Waals surface area (Å²) in [5.41, 5.74) is 0.0679. The van der Waals surface area contributed by atoms with Gasteiger partial charge in [-0.1, -0.05) is 13.3 Å². The standard InChI is InChI=1S/C10H14N4O2S/c1-3-4-5-14-6-7(11-10(14)17)13(2)9(16)12-8(6)15/h3-5H2,1-2H3,(H,11,17)(H,12,15,16). The van der Waals surface area contributed by atoms with Crippen molar-refractivity contribution in [1.82, 2.24) is 19.1 Å². The number of nitrogens with one attached hydrogen (secondary N) is 2. The van der Waals surface area contributed by atoms with E-state index in [9.17, 15) is 9.59 Å². The Morgan fingerprint density at radius 3 is 2.65 bits per heavy atom. The molecule has 0 aromatic carbocycles. The van der Waals surface area contributed by atoms with Crippen LogP contribution in [0.4, 0.5) is 0 Å². The van der Waals surface area contributed by atoms with E-state index in [-0.39, 0.29) is 0 Å². The fraction of sp³-hybridized carbons (Fsp3) is 0.500. The minimum atomic E-state index is -0.443. The van der Waals surface area contributed by atoms with Crippen molar-refractivity contribution in [3.05, 3.63) is 25.6 Å². The van der Waals surface area contributed by atoms with E-state index in [4.69, 9.17) is 12.2 Å². The molecule has 0 atom stereocenters. The summed E-state index contributed by atoms with van der Waals surface area (Å²) in [6.45, 7) is 2.75. The zero-order valence-electron chi connectivity index (χ0n) is 9.74. The minimum absolute atomic E-state index is 0.397. The number of H-pyrrole nitrogens is 2. The highest BCUT2D eigenvalue weighted by Gasteiger charge is 2.11. The maximum Gasteiger partial charge on any atom is 0.329 e. The van der Waals surface area contributed by atoms with E-state index in [2.05, 4.69) is 16.9 Å². The summed E-state index contributed by atoms with van der Waals surface area (Å²) in [6.07, 6.45) is 1.95.